The molecule has 4 atom stereocenters. The molecule has 0 aromatic heterocycles. The average Bonchev–Trinajstić information content (AvgIpc) is 2.94. The molecule has 3 N–H and O–H groups in total. The second kappa shape index (κ2) is 6.84. The van der Waals surface area contributed by atoms with E-state index in [9.17, 15) is 24.2 Å². The molecule has 2 amide bonds. The summed E-state index contributed by atoms with van der Waals surface area (Å²) in [4.78, 5) is 25.9. The molecule has 24 heavy (non-hydrogen) atoms. The number of aliphatic hydroxyl groups is 2. The van der Waals surface area contributed by atoms with E-state index in [1.165, 1.54) is 29.2 Å². The van der Waals surface area contributed by atoms with Crippen LogP contribution in [0.3, 0.4) is 0 Å². The summed E-state index contributed by atoms with van der Waals surface area (Å²) in [5, 5.41) is 22.1. The third-order valence-electron chi connectivity index (χ3n) is 4.35. The molecule has 2 aliphatic heterocycles. The third-order valence-corrected chi connectivity index (χ3v) is 4.35. The van der Waals surface area contributed by atoms with E-state index in [1.54, 1.807) is 0 Å². The fraction of sp³-hybridized carbons (Fsp3) is 0.500. The summed E-state index contributed by atoms with van der Waals surface area (Å²) in [6.07, 6.45) is -2.12. The number of rotatable bonds is 3. The van der Waals surface area contributed by atoms with Gasteiger partial charge >= 0.3 is 0 Å². The molecule has 1 aromatic rings. The number of aliphatic hydroxyl groups excluding tert-OH is 2. The van der Waals surface area contributed by atoms with Crippen LogP contribution in [0.25, 0.3) is 0 Å². The van der Waals surface area contributed by atoms with Gasteiger partial charge in [-0.15, -0.1) is 0 Å². The van der Waals surface area contributed by atoms with Gasteiger partial charge in [0.1, 0.15) is 18.0 Å². The van der Waals surface area contributed by atoms with Crippen molar-refractivity contribution in [1.82, 2.24) is 5.32 Å². The zero-order valence-electron chi connectivity index (χ0n) is 12.9. The van der Waals surface area contributed by atoms with Gasteiger partial charge in [0.05, 0.1) is 25.2 Å². The number of anilines is 1. The van der Waals surface area contributed by atoms with Gasteiger partial charge in [0.25, 0.3) is 0 Å². The van der Waals surface area contributed by atoms with Crippen LogP contribution in [-0.2, 0) is 14.3 Å². The highest BCUT2D eigenvalue weighted by Crippen LogP contribution is 2.25. The molecular weight excluding hydrogens is 319 g/mol. The van der Waals surface area contributed by atoms with E-state index in [2.05, 4.69) is 5.32 Å². The number of nitrogens with one attached hydrogen (secondary N) is 1. The van der Waals surface area contributed by atoms with Crippen LogP contribution in [0.1, 0.15) is 6.42 Å². The summed E-state index contributed by atoms with van der Waals surface area (Å²) in [6.45, 7) is 0.308. The molecule has 2 fully saturated rings. The Hall–Kier alpha value is -2.03. The maximum atomic E-state index is 13.0. The molecule has 2 aliphatic rings. The topological polar surface area (TPSA) is 99.1 Å². The van der Waals surface area contributed by atoms with Crippen LogP contribution in [0, 0.1) is 11.7 Å². The predicted octanol–water partition coefficient (Wildman–Crippen LogP) is -0.585. The van der Waals surface area contributed by atoms with Crippen molar-refractivity contribution in [3.8, 4) is 0 Å². The Bertz CT molecular complexity index is 623. The largest absolute Gasteiger partial charge is 0.388 e. The number of benzene rings is 1. The Kier molecular flexibility index (Phi) is 4.79. The Balaban J connectivity index is 1.62. The van der Waals surface area contributed by atoms with Crippen LogP contribution >= 0.6 is 0 Å². The number of hydrogen-bond acceptors (Lipinski definition) is 5. The molecule has 0 saturated carbocycles. The first-order chi connectivity index (χ1) is 11.5. The van der Waals surface area contributed by atoms with E-state index < -0.39 is 30.0 Å². The molecule has 3 rings (SSSR count). The standard InChI is InChI=1S/C16H19FN2O5/c17-10-1-3-11(4-2-10)19-6-9(5-14(19)21)16(23)18-12-7-24-8-13(20)15(12)22/h1-4,9,12-13,15,20,22H,5-8H2,(H,18,23)/t9-,12-,13-,15+/m1/s1. The second-order valence-corrected chi connectivity index (χ2v) is 6.09. The summed E-state index contributed by atoms with van der Waals surface area (Å²) in [7, 11) is 0. The van der Waals surface area contributed by atoms with Crippen molar-refractivity contribution in [2.24, 2.45) is 5.92 Å². The molecule has 0 unspecified atom stereocenters. The van der Waals surface area contributed by atoms with Crippen molar-refractivity contribution in [1.29, 1.82) is 0 Å². The predicted molar refractivity (Wildman–Crippen MR) is 81.6 cm³/mol. The van der Waals surface area contributed by atoms with E-state index in [0.29, 0.717) is 5.69 Å². The maximum Gasteiger partial charge on any atom is 0.227 e. The first-order valence-corrected chi connectivity index (χ1v) is 7.76. The van der Waals surface area contributed by atoms with Gasteiger partial charge in [-0.1, -0.05) is 0 Å². The molecule has 8 heteroatoms. The zero-order chi connectivity index (χ0) is 17.3. The lowest BCUT2D eigenvalue weighted by Crippen LogP contribution is -2.56. The van der Waals surface area contributed by atoms with E-state index in [-0.39, 0.29) is 38.0 Å². The van der Waals surface area contributed by atoms with E-state index >= 15 is 0 Å². The third kappa shape index (κ3) is 3.40. The lowest BCUT2D eigenvalue weighted by molar-refractivity contribution is -0.135. The number of hydrogen-bond donors (Lipinski definition) is 3. The maximum absolute atomic E-state index is 13.0. The number of nitrogens with zero attached hydrogens (tertiary/aromatic N) is 1. The lowest BCUT2D eigenvalue weighted by Gasteiger charge is -2.32. The van der Waals surface area contributed by atoms with Crippen molar-refractivity contribution in [3.05, 3.63) is 30.1 Å². The highest BCUT2D eigenvalue weighted by Gasteiger charge is 2.38. The van der Waals surface area contributed by atoms with Crippen LogP contribution in [0.15, 0.2) is 24.3 Å². The molecule has 2 saturated heterocycles. The van der Waals surface area contributed by atoms with Crippen molar-refractivity contribution in [2.45, 2.75) is 24.7 Å². The van der Waals surface area contributed by atoms with E-state index in [0.717, 1.165) is 0 Å². The summed E-state index contributed by atoms with van der Waals surface area (Å²) in [5.41, 5.74) is 0.535. The molecule has 0 radical (unpaired) electrons. The van der Waals surface area contributed by atoms with Crippen molar-refractivity contribution in [3.63, 3.8) is 0 Å². The van der Waals surface area contributed by atoms with Crippen molar-refractivity contribution >= 4 is 17.5 Å². The van der Waals surface area contributed by atoms with Gasteiger partial charge in [-0.2, -0.15) is 0 Å². The molecule has 0 aliphatic carbocycles. The first kappa shape index (κ1) is 16.8. The lowest BCUT2D eigenvalue weighted by atomic mass is 10.0. The zero-order valence-corrected chi connectivity index (χ0v) is 12.9. The molecule has 7 nitrogen and oxygen atoms in total. The molecule has 130 valence electrons. The van der Waals surface area contributed by atoms with Gasteiger partial charge in [0.15, 0.2) is 0 Å². The van der Waals surface area contributed by atoms with Gasteiger partial charge in [0.2, 0.25) is 11.8 Å². The number of carbonyl (C=O) groups is 2. The first-order valence-electron chi connectivity index (χ1n) is 7.76. The van der Waals surface area contributed by atoms with Crippen LogP contribution < -0.4 is 10.2 Å². The Morgan fingerprint density at radius 3 is 2.67 bits per heavy atom. The summed E-state index contributed by atoms with van der Waals surface area (Å²) in [5.74, 6) is -1.57. The SMILES string of the molecule is O=C(N[C@@H]1COC[C@@H](O)[C@H]1O)[C@@H]1CC(=O)N(c2ccc(F)cc2)C1. The summed E-state index contributed by atoms with van der Waals surface area (Å²) >= 11 is 0. The monoisotopic (exact) mass is 338 g/mol. The van der Waals surface area contributed by atoms with Gasteiger partial charge < -0.3 is 25.2 Å². The molecule has 2 heterocycles. The van der Waals surface area contributed by atoms with Crippen LogP contribution in [0.2, 0.25) is 0 Å². The summed E-state index contributed by atoms with van der Waals surface area (Å²) < 4.78 is 18.1. The van der Waals surface area contributed by atoms with Crippen molar-refractivity contribution < 1.29 is 28.9 Å². The highest BCUT2D eigenvalue weighted by molar-refractivity contribution is 6.00. The fourth-order valence-corrected chi connectivity index (χ4v) is 2.96. The van der Waals surface area contributed by atoms with E-state index in [1.807, 2.05) is 0 Å². The minimum Gasteiger partial charge on any atom is -0.388 e. The molecule has 0 spiro atoms. The number of halogens is 1. The van der Waals surface area contributed by atoms with Crippen molar-refractivity contribution in [2.75, 3.05) is 24.7 Å². The smallest absolute Gasteiger partial charge is 0.227 e. The normalized spacial score (nSPS) is 30.5. The minimum atomic E-state index is -1.10. The quantitative estimate of drug-likeness (QED) is 0.685. The molecular formula is C16H19FN2O5. The minimum absolute atomic E-state index is 0.0216. The number of ether oxygens (including phenoxy) is 1. The molecule has 0 bridgehead atoms. The fourth-order valence-electron chi connectivity index (χ4n) is 2.96. The number of amides is 2. The second-order valence-electron chi connectivity index (χ2n) is 6.09. The van der Waals surface area contributed by atoms with Crippen LogP contribution in [0.4, 0.5) is 10.1 Å². The van der Waals surface area contributed by atoms with E-state index in [4.69, 9.17) is 4.74 Å². The Labute approximate surface area is 138 Å². The average molecular weight is 338 g/mol. The Morgan fingerprint density at radius 1 is 1.25 bits per heavy atom. The number of carbonyl (C=O) groups excluding carboxylic acids is 2. The van der Waals surface area contributed by atoms with Gasteiger partial charge in [0, 0.05) is 18.7 Å². The molecule has 1 aromatic carbocycles. The Morgan fingerprint density at radius 2 is 1.96 bits per heavy atom. The van der Waals surface area contributed by atoms with Gasteiger partial charge in [-0.05, 0) is 24.3 Å². The van der Waals surface area contributed by atoms with Crippen LogP contribution in [0.5, 0.6) is 0 Å². The van der Waals surface area contributed by atoms with Gasteiger partial charge in [-0.3, -0.25) is 9.59 Å². The van der Waals surface area contributed by atoms with Crippen LogP contribution in [-0.4, -0.2) is 60.0 Å². The van der Waals surface area contributed by atoms with Gasteiger partial charge in [-0.25, -0.2) is 4.39 Å². The summed E-state index contributed by atoms with van der Waals surface area (Å²) in [6, 6.07) is 4.78. The highest BCUT2D eigenvalue weighted by atomic mass is 19.1.